The standard InChI is InChI=1S/C12H16BrN3O2S/c1-19-7-8-2-3-16(6-8)12(18)15-10-4-9(13)5-14-11(10)17/h4-5,8H,2-3,6-7H2,1H3,(H,14,17)(H,15,18). The number of thioether (sulfide) groups is 1. The predicted molar refractivity (Wildman–Crippen MR) is 81.8 cm³/mol. The molecule has 0 saturated carbocycles. The summed E-state index contributed by atoms with van der Waals surface area (Å²) in [5, 5.41) is 2.66. The molecule has 2 rings (SSSR count). The second kappa shape index (κ2) is 6.47. The average Bonchev–Trinajstić information content (AvgIpc) is 2.83. The molecule has 1 saturated heterocycles. The van der Waals surface area contributed by atoms with Gasteiger partial charge >= 0.3 is 6.03 Å². The Hall–Kier alpha value is -0.950. The number of amides is 2. The molecule has 1 unspecified atom stereocenters. The van der Waals surface area contributed by atoms with Crippen LogP contribution in [0, 0.1) is 5.92 Å². The van der Waals surface area contributed by atoms with E-state index >= 15 is 0 Å². The zero-order chi connectivity index (χ0) is 13.8. The number of anilines is 1. The first-order chi connectivity index (χ1) is 9.10. The van der Waals surface area contributed by atoms with Crippen molar-refractivity contribution < 1.29 is 4.79 Å². The highest BCUT2D eigenvalue weighted by Gasteiger charge is 2.26. The first-order valence-corrected chi connectivity index (χ1v) is 8.22. The summed E-state index contributed by atoms with van der Waals surface area (Å²) in [6, 6.07) is 1.40. The lowest BCUT2D eigenvalue weighted by Gasteiger charge is -2.17. The lowest BCUT2D eigenvalue weighted by molar-refractivity contribution is 0.221. The number of nitrogens with zero attached hydrogens (tertiary/aromatic N) is 1. The Morgan fingerprint density at radius 1 is 1.68 bits per heavy atom. The highest BCUT2D eigenvalue weighted by Crippen LogP contribution is 2.20. The number of urea groups is 1. The molecule has 5 nitrogen and oxygen atoms in total. The van der Waals surface area contributed by atoms with E-state index in [0.29, 0.717) is 5.92 Å². The predicted octanol–water partition coefficient (Wildman–Crippen LogP) is 2.35. The third kappa shape index (κ3) is 3.76. The maximum absolute atomic E-state index is 12.1. The van der Waals surface area contributed by atoms with Gasteiger partial charge in [0.2, 0.25) is 0 Å². The van der Waals surface area contributed by atoms with E-state index in [9.17, 15) is 9.59 Å². The number of pyridine rings is 1. The van der Waals surface area contributed by atoms with Gasteiger partial charge in [-0.2, -0.15) is 11.8 Å². The van der Waals surface area contributed by atoms with Gasteiger partial charge in [-0.3, -0.25) is 4.79 Å². The van der Waals surface area contributed by atoms with E-state index in [1.807, 2.05) is 0 Å². The summed E-state index contributed by atoms with van der Waals surface area (Å²) < 4.78 is 0.726. The monoisotopic (exact) mass is 345 g/mol. The van der Waals surface area contributed by atoms with Gasteiger partial charge in [-0.1, -0.05) is 0 Å². The van der Waals surface area contributed by atoms with Crippen LogP contribution >= 0.6 is 27.7 Å². The molecule has 1 aliphatic rings. The van der Waals surface area contributed by atoms with E-state index in [1.54, 1.807) is 28.9 Å². The Kier molecular flexibility index (Phi) is 4.93. The smallest absolute Gasteiger partial charge is 0.322 e. The van der Waals surface area contributed by atoms with E-state index in [1.165, 1.54) is 0 Å². The average molecular weight is 346 g/mol. The summed E-state index contributed by atoms with van der Waals surface area (Å²) in [4.78, 5) is 28.0. The van der Waals surface area contributed by atoms with Crippen LogP contribution in [0.3, 0.4) is 0 Å². The number of hydrogen-bond acceptors (Lipinski definition) is 3. The van der Waals surface area contributed by atoms with Crippen molar-refractivity contribution in [2.75, 3.05) is 30.4 Å². The molecule has 2 heterocycles. The number of aromatic amines is 1. The number of aromatic nitrogens is 1. The number of carbonyl (C=O) groups is 1. The molecule has 1 aliphatic heterocycles. The molecular formula is C12H16BrN3O2S. The van der Waals surface area contributed by atoms with E-state index in [-0.39, 0.29) is 17.3 Å². The molecule has 104 valence electrons. The molecule has 1 atom stereocenters. The Balaban J connectivity index is 1.98. The number of H-pyrrole nitrogens is 1. The third-order valence-electron chi connectivity index (χ3n) is 3.09. The lowest BCUT2D eigenvalue weighted by Crippen LogP contribution is -2.34. The van der Waals surface area contributed by atoms with Crippen LogP contribution in [0.25, 0.3) is 0 Å². The SMILES string of the molecule is CSCC1CCN(C(=O)Nc2cc(Br)c[nH]c2=O)C1. The topological polar surface area (TPSA) is 65.2 Å². The molecule has 2 amide bonds. The summed E-state index contributed by atoms with van der Waals surface area (Å²) in [6.45, 7) is 1.52. The zero-order valence-electron chi connectivity index (χ0n) is 10.6. The van der Waals surface area contributed by atoms with Crippen LogP contribution in [0.15, 0.2) is 21.5 Å². The van der Waals surface area contributed by atoms with Gasteiger partial charge in [0, 0.05) is 23.8 Å². The van der Waals surface area contributed by atoms with Gasteiger partial charge in [0.05, 0.1) is 0 Å². The first-order valence-electron chi connectivity index (χ1n) is 6.03. The highest BCUT2D eigenvalue weighted by atomic mass is 79.9. The molecule has 0 aliphatic carbocycles. The maximum Gasteiger partial charge on any atom is 0.322 e. The van der Waals surface area contributed by atoms with Gasteiger partial charge in [0.15, 0.2) is 0 Å². The molecule has 0 aromatic carbocycles. The van der Waals surface area contributed by atoms with Crippen molar-refractivity contribution in [2.45, 2.75) is 6.42 Å². The van der Waals surface area contributed by atoms with Gasteiger partial charge in [0.25, 0.3) is 5.56 Å². The molecule has 0 radical (unpaired) electrons. The van der Waals surface area contributed by atoms with Crippen LogP contribution in [0.4, 0.5) is 10.5 Å². The van der Waals surface area contributed by atoms with Crippen molar-refractivity contribution in [1.82, 2.24) is 9.88 Å². The van der Waals surface area contributed by atoms with E-state index in [2.05, 4.69) is 32.5 Å². The fourth-order valence-corrected chi connectivity index (χ4v) is 3.22. The molecule has 0 spiro atoms. The van der Waals surface area contributed by atoms with Gasteiger partial charge in [-0.25, -0.2) is 4.79 Å². The van der Waals surface area contributed by atoms with E-state index in [0.717, 1.165) is 29.7 Å². The summed E-state index contributed by atoms with van der Waals surface area (Å²) in [7, 11) is 0. The molecule has 1 fully saturated rings. The van der Waals surface area contributed by atoms with Crippen LogP contribution in [-0.2, 0) is 0 Å². The third-order valence-corrected chi connectivity index (χ3v) is 4.35. The Morgan fingerprint density at radius 2 is 2.47 bits per heavy atom. The molecular weight excluding hydrogens is 330 g/mol. The fourth-order valence-electron chi connectivity index (χ4n) is 2.13. The van der Waals surface area contributed by atoms with Crippen LogP contribution in [0.2, 0.25) is 0 Å². The van der Waals surface area contributed by atoms with Crippen molar-refractivity contribution in [3.63, 3.8) is 0 Å². The minimum absolute atomic E-state index is 0.202. The quantitative estimate of drug-likeness (QED) is 0.883. The van der Waals surface area contributed by atoms with Crippen molar-refractivity contribution in [1.29, 1.82) is 0 Å². The summed E-state index contributed by atoms with van der Waals surface area (Å²) in [5.74, 6) is 1.63. The minimum Gasteiger partial charge on any atom is -0.326 e. The van der Waals surface area contributed by atoms with Gasteiger partial charge < -0.3 is 15.2 Å². The number of carbonyl (C=O) groups excluding carboxylic acids is 1. The Morgan fingerprint density at radius 3 is 3.21 bits per heavy atom. The lowest BCUT2D eigenvalue weighted by atomic mass is 10.2. The number of rotatable bonds is 3. The Labute approximate surface area is 124 Å². The largest absolute Gasteiger partial charge is 0.326 e. The first kappa shape index (κ1) is 14.5. The zero-order valence-corrected chi connectivity index (χ0v) is 13.0. The van der Waals surface area contributed by atoms with Gasteiger partial charge in [0.1, 0.15) is 5.69 Å². The summed E-state index contributed by atoms with van der Waals surface area (Å²) >= 11 is 5.06. The second-order valence-electron chi connectivity index (χ2n) is 4.55. The molecule has 1 aromatic heterocycles. The molecule has 0 bridgehead atoms. The van der Waals surface area contributed by atoms with Crippen molar-refractivity contribution in [3.8, 4) is 0 Å². The summed E-state index contributed by atoms with van der Waals surface area (Å²) in [5.41, 5.74) is -0.0240. The number of hydrogen-bond donors (Lipinski definition) is 2. The van der Waals surface area contributed by atoms with Crippen molar-refractivity contribution >= 4 is 39.4 Å². The number of halogens is 1. The Bertz CT molecular complexity index is 520. The van der Waals surface area contributed by atoms with E-state index < -0.39 is 0 Å². The summed E-state index contributed by atoms with van der Waals surface area (Å²) in [6.07, 6.45) is 4.65. The van der Waals surface area contributed by atoms with Crippen LogP contribution < -0.4 is 10.9 Å². The second-order valence-corrected chi connectivity index (χ2v) is 6.37. The highest BCUT2D eigenvalue weighted by molar-refractivity contribution is 9.10. The van der Waals surface area contributed by atoms with Crippen LogP contribution in [0.5, 0.6) is 0 Å². The normalized spacial score (nSPS) is 18.6. The molecule has 19 heavy (non-hydrogen) atoms. The number of nitrogens with one attached hydrogen (secondary N) is 2. The molecule has 1 aromatic rings. The van der Waals surface area contributed by atoms with Crippen LogP contribution in [-0.4, -0.2) is 41.0 Å². The van der Waals surface area contributed by atoms with Crippen LogP contribution in [0.1, 0.15) is 6.42 Å². The van der Waals surface area contributed by atoms with Gasteiger partial charge in [-0.15, -0.1) is 0 Å². The number of likely N-dealkylation sites (tertiary alicyclic amines) is 1. The minimum atomic E-state index is -0.295. The van der Waals surface area contributed by atoms with E-state index in [4.69, 9.17) is 0 Å². The fraction of sp³-hybridized carbons (Fsp3) is 0.500. The maximum atomic E-state index is 12.1. The van der Waals surface area contributed by atoms with Crippen molar-refractivity contribution in [3.05, 3.63) is 27.1 Å². The molecule has 2 N–H and O–H groups in total. The van der Waals surface area contributed by atoms with Gasteiger partial charge in [-0.05, 0) is 46.3 Å². The molecule has 7 heteroatoms. The van der Waals surface area contributed by atoms with Crippen molar-refractivity contribution in [2.24, 2.45) is 5.92 Å².